The monoisotopic (exact) mass is 466 g/mol. The number of hydrogen-bond acceptors (Lipinski definition) is 8. The minimum Gasteiger partial charge on any atom is -0.456 e. The molecule has 0 aliphatic carbocycles. The van der Waals surface area contributed by atoms with E-state index in [4.69, 9.17) is 21.1 Å². The van der Waals surface area contributed by atoms with Crippen molar-refractivity contribution in [2.45, 2.75) is 32.4 Å². The van der Waals surface area contributed by atoms with Crippen LogP contribution in [0.15, 0.2) is 15.7 Å². The third kappa shape index (κ3) is 4.74. The highest BCUT2D eigenvalue weighted by atomic mass is 35.5. The zero-order chi connectivity index (χ0) is 22.7. The number of carbonyl (C=O) groups excluding carboxylic acids is 1. The van der Waals surface area contributed by atoms with Crippen LogP contribution in [-0.4, -0.2) is 82.5 Å². The maximum atomic E-state index is 12.6. The summed E-state index contributed by atoms with van der Waals surface area (Å²) in [7, 11) is 0. The van der Waals surface area contributed by atoms with Crippen LogP contribution in [0, 0.1) is 0 Å². The Morgan fingerprint density at radius 1 is 1.28 bits per heavy atom. The van der Waals surface area contributed by atoms with Crippen LogP contribution in [0.3, 0.4) is 0 Å². The van der Waals surface area contributed by atoms with Crippen molar-refractivity contribution in [3.8, 4) is 5.75 Å². The molecule has 2 aromatic rings. The summed E-state index contributed by atoms with van der Waals surface area (Å²) in [6.07, 6.45) is 1.50. The number of amides is 1. The Bertz CT molecular complexity index is 1100. The summed E-state index contributed by atoms with van der Waals surface area (Å²) >= 11 is 6.18. The Labute approximate surface area is 189 Å². The highest BCUT2D eigenvalue weighted by Gasteiger charge is 2.26. The number of H-pyrrole nitrogens is 1. The van der Waals surface area contributed by atoms with E-state index in [0.29, 0.717) is 32.7 Å². The molecule has 0 aromatic carbocycles. The predicted molar refractivity (Wildman–Crippen MR) is 118 cm³/mol. The summed E-state index contributed by atoms with van der Waals surface area (Å²) < 4.78 is 12.2. The summed E-state index contributed by atoms with van der Waals surface area (Å²) in [5.41, 5.74) is -1.03. The van der Waals surface area contributed by atoms with Gasteiger partial charge in [0, 0.05) is 44.8 Å². The maximum absolute atomic E-state index is 12.6. The molecule has 0 radical (unpaired) electrons. The fourth-order valence-corrected chi connectivity index (χ4v) is 4.49. The standard InChI is InChI=1S/C20H27ClN6O5/c1-2-25-7-3-4-13(25)11-27-17-16(18(28)24-19(27)29)14(10-15(21)23-17)31-12-32-20(30)26-8-5-22-6-9-26/h10,13,22H,2-9,11-12H2,1H3,(H,24,28,29)/t13-/m0/s1. The number of fused-ring (bicyclic) bond motifs is 1. The van der Waals surface area contributed by atoms with Crippen LogP contribution in [0.2, 0.25) is 5.15 Å². The highest BCUT2D eigenvalue weighted by molar-refractivity contribution is 6.30. The lowest BCUT2D eigenvalue weighted by Gasteiger charge is -2.26. The number of aromatic amines is 1. The van der Waals surface area contributed by atoms with Crippen molar-refractivity contribution in [1.29, 1.82) is 0 Å². The zero-order valence-corrected chi connectivity index (χ0v) is 18.7. The molecular formula is C20H27ClN6O5. The lowest BCUT2D eigenvalue weighted by Crippen LogP contribution is -2.46. The van der Waals surface area contributed by atoms with Gasteiger partial charge in [0.05, 0.1) is 0 Å². The molecule has 0 saturated carbocycles. The largest absolute Gasteiger partial charge is 0.456 e. The van der Waals surface area contributed by atoms with Crippen LogP contribution in [0.1, 0.15) is 19.8 Å². The number of carbonyl (C=O) groups is 1. The number of piperazine rings is 1. The van der Waals surface area contributed by atoms with E-state index in [1.165, 1.54) is 10.6 Å². The second-order valence-electron chi connectivity index (χ2n) is 7.85. The lowest BCUT2D eigenvalue weighted by atomic mass is 10.2. The van der Waals surface area contributed by atoms with E-state index in [1.54, 1.807) is 4.90 Å². The maximum Gasteiger partial charge on any atom is 0.412 e. The molecule has 2 aromatic heterocycles. The van der Waals surface area contributed by atoms with Gasteiger partial charge >= 0.3 is 11.8 Å². The van der Waals surface area contributed by atoms with Crippen LogP contribution in [-0.2, 0) is 11.3 Å². The summed E-state index contributed by atoms with van der Waals surface area (Å²) in [6, 6.07) is 1.54. The molecule has 12 heteroatoms. The number of likely N-dealkylation sites (tertiary alicyclic amines) is 1. The first-order valence-corrected chi connectivity index (χ1v) is 11.2. The van der Waals surface area contributed by atoms with Crippen molar-refractivity contribution < 1.29 is 14.3 Å². The van der Waals surface area contributed by atoms with E-state index >= 15 is 0 Å². The van der Waals surface area contributed by atoms with Gasteiger partial charge in [-0.05, 0) is 25.9 Å². The molecule has 11 nitrogen and oxygen atoms in total. The predicted octanol–water partition coefficient (Wildman–Crippen LogP) is 0.601. The molecule has 0 unspecified atom stereocenters. The molecular weight excluding hydrogens is 440 g/mol. The summed E-state index contributed by atoms with van der Waals surface area (Å²) in [4.78, 5) is 47.9. The molecule has 4 heterocycles. The Morgan fingerprint density at radius 3 is 2.81 bits per heavy atom. The molecule has 2 N–H and O–H groups in total. The van der Waals surface area contributed by atoms with Crippen molar-refractivity contribution in [3.63, 3.8) is 0 Å². The van der Waals surface area contributed by atoms with E-state index in [9.17, 15) is 14.4 Å². The number of ether oxygens (including phenoxy) is 2. The van der Waals surface area contributed by atoms with Crippen molar-refractivity contribution >= 4 is 28.7 Å². The molecule has 2 fully saturated rings. The summed E-state index contributed by atoms with van der Waals surface area (Å²) in [5, 5.41) is 3.31. The van der Waals surface area contributed by atoms with Gasteiger partial charge in [-0.1, -0.05) is 18.5 Å². The molecule has 1 amide bonds. The summed E-state index contributed by atoms with van der Waals surface area (Å²) in [5.74, 6) is 0.0990. The van der Waals surface area contributed by atoms with E-state index in [0.717, 1.165) is 25.9 Å². The van der Waals surface area contributed by atoms with Crippen molar-refractivity contribution in [2.24, 2.45) is 0 Å². The number of rotatable bonds is 6. The molecule has 1 atom stereocenters. The fourth-order valence-electron chi connectivity index (χ4n) is 4.31. The number of nitrogens with one attached hydrogen (secondary N) is 2. The van der Waals surface area contributed by atoms with Gasteiger partial charge in [0.1, 0.15) is 16.3 Å². The molecule has 2 saturated heterocycles. The highest BCUT2D eigenvalue weighted by Crippen LogP contribution is 2.25. The van der Waals surface area contributed by atoms with Gasteiger partial charge in [-0.2, -0.15) is 0 Å². The molecule has 174 valence electrons. The lowest BCUT2D eigenvalue weighted by molar-refractivity contribution is 0.0335. The Kier molecular flexibility index (Phi) is 6.97. The van der Waals surface area contributed by atoms with Gasteiger partial charge in [0.15, 0.2) is 5.65 Å². The van der Waals surface area contributed by atoms with Crippen LogP contribution < -0.4 is 21.3 Å². The van der Waals surface area contributed by atoms with Gasteiger partial charge < -0.3 is 19.7 Å². The molecule has 2 aliphatic heterocycles. The number of aromatic nitrogens is 3. The average Bonchev–Trinajstić information content (AvgIpc) is 3.24. The Balaban J connectivity index is 1.58. The van der Waals surface area contributed by atoms with Crippen molar-refractivity contribution in [3.05, 3.63) is 32.1 Å². The van der Waals surface area contributed by atoms with Gasteiger partial charge in [-0.3, -0.25) is 19.2 Å². The van der Waals surface area contributed by atoms with Crippen LogP contribution in [0.5, 0.6) is 5.75 Å². The van der Waals surface area contributed by atoms with E-state index in [-0.39, 0.29) is 28.0 Å². The van der Waals surface area contributed by atoms with Crippen LogP contribution >= 0.6 is 11.6 Å². The quantitative estimate of drug-likeness (QED) is 0.469. The fraction of sp³-hybridized carbons (Fsp3) is 0.600. The normalized spacial score (nSPS) is 19.4. The Morgan fingerprint density at radius 2 is 2.06 bits per heavy atom. The third-order valence-electron chi connectivity index (χ3n) is 5.95. The molecule has 0 bridgehead atoms. The van der Waals surface area contributed by atoms with Gasteiger partial charge in [0.25, 0.3) is 5.56 Å². The second-order valence-corrected chi connectivity index (χ2v) is 8.23. The number of halogens is 1. The summed E-state index contributed by atoms with van der Waals surface area (Å²) in [6.45, 7) is 6.39. The topological polar surface area (TPSA) is 122 Å². The number of pyridine rings is 1. The van der Waals surface area contributed by atoms with E-state index in [1.807, 2.05) is 0 Å². The second kappa shape index (κ2) is 9.88. The van der Waals surface area contributed by atoms with Crippen LogP contribution in [0.25, 0.3) is 11.0 Å². The minimum absolute atomic E-state index is 0.0680. The van der Waals surface area contributed by atoms with Gasteiger partial charge in [0.2, 0.25) is 6.79 Å². The molecule has 32 heavy (non-hydrogen) atoms. The van der Waals surface area contributed by atoms with Crippen molar-refractivity contribution in [2.75, 3.05) is 46.1 Å². The van der Waals surface area contributed by atoms with Crippen molar-refractivity contribution in [1.82, 2.24) is 29.7 Å². The SMILES string of the molecule is CCN1CCC[C@H]1Cn1c(=O)[nH]c(=O)c2c(OCOC(=O)N3CCNCC3)cc(Cl)nc21. The van der Waals surface area contributed by atoms with E-state index in [2.05, 4.69) is 27.1 Å². The number of likely N-dealkylation sites (N-methyl/N-ethyl adjacent to an activating group) is 1. The number of hydrogen-bond donors (Lipinski definition) is 2. The Hall–Kier alpha value is -2.63. The van der Waals surface area contributed by atoms with Gasteiger partial charge in [-0.15, -0.1) is 0 Å². The minimum atomic E-state index is -0.632. The van der Waals surface area contributed by atoms with Gasteiger partial charge in [-0.25, -0.2) is 14.6 Å². The molecule has 0 spiro atoms. The average molecular weight is 467 g/mol. The number of nitrogens with zero attached hydrogens (tertiary/aromatic N) is 4. The first-order valence-electron chi connectivity index (χ1n) is 10.8. The third-order valence-corrected chi connectivity index (χ3v) is 6.15. The molecule has 4 rings (SSSR count). The first kappa shape index (κ1) is 22.6. The van der Waals surface area contributed by atoms with E-state index < -0.39 is 24.1 Å². The zero-order valence-electron chi connectivity index (χ0n) is 17.9. The first-order chi connectivity index (χ1) is 15.5. The smallest absolute Gasteiger partial charge is 0.412 e. The van der Waals surface area contributed by atoms with Crippen LogP contribution in [0.4, 0.5) is 4.79 Å². The molecule has 2 aliphatic rings.